The number of hydrogen-bond donors (Lipinski definition) is 1. The van der Waals surface area contributed by atoms with Crippen LogP contribution in [0.4, 0.5) is 0 Å². The molecule has 2 rings (SSSR count). The van der Waals surface area contributed by atoms with Crippen molar-refractivity contribution >= 4 is 0 Å². The zero-order valence-electron chi connectivity index (χ0n) is 10.2. The van der Waals surface area contributed by atoms with Gasteiger partial charge in [-0.15, -0.1) is 0 Å². The zero-order chi connectivity index (χ0) is 12.3. The summed E-state index contributed by atoms with van der Waals surface area (Å²) < 4.78 is 5.53. The van der Waals surface area contributed by atoms with Gasteiger partial charge in [0.15, 0.2) is 0 Å². The van der Waals surface area contributed by atoms with Gasteiger partial charge >= 0.3 is 0 Å². The molecule has 2 aromatic heterocycles. The summed E-state index contributed by atoms with van der Waals surface area (Å²) in [7, 11) is 0. The summed E-state index contributed by atoms with van der Waals surface area (Å²) >= 11 is 0. The molecule has 90 valence electrons. The Bertz CT molecular complexity index is 490. The average Bonchev–Trinajstić information content (AvgIpc) is 2.81. The molecule has 3 heteroatoms. The van der Waals surface area contributed by atoms with Gasteiger partial charge in [-0.1, -0.05) is 13.0 Å². The normalized spacial score (nSPS) is 12.6. The van der Waals surface area contributed by atoms with Crippen LogP contribution in [0.25, 0.3) is 0 Å². The summed E-state index contributed by atoms with van der Waals surface area (Å²) in [4.78, 5) is 4.27. The maximum atomic E-state index is 10.1. The van der Waals surface area contributed by atoms with Crippen LogP contribution < -0.4 is 0 Å². The van der Waals surface area contributed by atoms with Crippen molar-refractivity contribution in [3.8, 4) is 0 Å². The lowest BCUT2D eigenvalue weighted by atomic mass is 10.1. The highest BCUT2D eigenvalue weighted by Gasteiger charge is 2.14. The standard InChI is InChI=1S/C14H17NO2/c1-3-11-6-7-14(17-11)13(16)9-12-10(2)5-4-8-15-12/h4-8,13,16H,3,9H2,1-2H3. The second kappa shape index (κ2) is 5.15. The highest BCUT2D eigenvalue weighted by molar-refractivity contribution is 5.20. The monoisotopic (exact) mass is 231 g/mol. The fourth-order valence-electron chi connectivity index (χ4n) is 1.78. The second-order valence-electron chi connectivity index (χ2n) is 4.14. The van der Waals surface area contributed by atoms with E-state index in [1.54, 1.807) is 6.20 Å². The van der Waals surface area contributed by atoms with Gasteiger partial charge in [0.25, 0.3) is 0 Å². The van der Waals surface area contributed by atoms with Gasteiger partial charge in [0.2, 0.25) is 0 Å². The molecule has 0 aliphatic heterocycles. The maximum absolute atomic E-state index is 10.1. The summed E-state index contributed by atoms with van der Waals surface area (Å²) in [6.07, 6.45) is 2.46. The molecular weight excluding hydrogens is 214 g/mol. The first-order valence-corrected chi connectivity index (χ1v) is 5.88. The number of aryl methyl sites for hydroxylation is 2. The van der Waals surface area contributed by atoms with Crippen molar-refractivity contribution in [1.82, 2.24) is 4.98 Å². The van der Waals surface area contributed by atoms with E-state index in [2.05, 4.69) is 4.98 Å². The van der Waals surface area contributed by atoms with Gasteiger partial charge in [0.05, 0.1) is 0 Å². The fourth-order valence-corrected chi connectivity index (χ4v) is 1.78. The van der Waals surface area contributed by atoms with Gasteiger partial charge in [-0.25, -0.2) is 0 Å². The number of pyridine rings is 1. The Morgan fingerprint density at radius 2 is 2.18 bits per heavy atom. The first kappa shape index (κ1) is 11.9. The molecule has 0 spiro atoms. The minimum Gasteiger partial charge on any atom is -0.463 e. The summed E-state index contributed by atoms with van der Waals surface area (Å²) in [5.41, 5.74) is 2.00. The Hall–Kier alpha value is -1.61. The zero-order valence-corrected chi connectivity index (χ0v) is 10.2. The van der Waals surface area contributed by atoms with Crippen molar-refractivity contribution in [1.29, 1.82) is 0 Å². The third-order valence-corrected chi connectivity index (χ3v) is 2.86. The lowest BCUT2D eigenvalue weighted by Crippen LogP contribution is -2.03. The van der Waals surface area contributed by atoms with Crippen LogP contribution in [0.5, 0.6) is 0 Å². The molecule has 1 atom stereocenters. The predicted octanol–water partition coefficient (Wildman–Crippen LogP) is 2.82. The maximum Gasteiger partial charge on any atom is 0.133 e. The molecule has 0 saturated carbocycles. The molecule has 0 amide bonds. The lowest BCUT2D eigenvalue weighted by Gasteiger charge is -2.09. The quantitative estimate of drug-likeness (QED) is 0.880. The van der Waals surface area contributed by atoms with E-state index in [-0.39, 0.29) is 0 Å². The molecule has 0 saturated heterocycles. The third-order valence-electron chi connectivity index (χ3n) is 2.86. The second-order valence-corrected chi connectivity index (χ2v) is 4.14. The number of rotatable bonds is 4. The Morgan fingerprint density at radius 1 is 1.35 bits per heavy atom. The summed E-state index contributed by atoms with van der Waals surface area (Å²) in [6, 6.07) is 7.63. The van der Waals surface area contributed by atoms with E-state index in [9.17, 15) is 5.11 Å². The molecule has 17 heavy (non-hydrogen) atoms. The van der Waals surface area contributed by atoms with Gasteiger partial charge in [-0.2, -0.15) is 0 Å². The van der Waals surface area contributed by atoms with Crippen LogP contribution in [-0.2, 0) is 12.8 Å². The molecule has 0 aromatic carbocycles. The molecule has 0 bridgehead atoms. The first-order chi connectivity index (χ1) is 8.20. The van der Waals surface area contributed by atoms with Gasteiger partial charge in [-0.3, -0.25) is 4.98 Å². The highest BCUT2D eigenvalue weighted by atomic mass is 16.4. The Morgan fingerprint density at radius 3 is 2.82 bits per heavy atom. The van der Waals surface area contributed by atoms with Crippen molar-refractivity contribution in [2.24, 2.45) is 0 Å². The number of aliphatic hydroxyl groups is 1. The van der Waals surface area contributed by atoms with Crippen LogP contribution in [0.1, 0.15) is 35.8 Å². The summed E-state index contributed by atoms with van der Waals surface area (Å²) in [5.74, 6) is 1.52. The number of aromatic nitrogens is 1. The Labute approximate surface area is 101 Å². The van der Waals surface area contributed by atoms with Gasteiger partial charge in [0.1, 0.15) is 17.6 Å². The van der Waals surface area contributed by atoms with Crippen LogP contribution >= 0.6 is 0 Å². The Balaban J connectivity index is 2.11. The van der Waals surface area contributed by atoms with E-state index in [4.69, 9.17) is 4.42 Å². The minimum atomic E-state index is -0.621. The van der Waals surface area contributed by atoms with Crippen LogP contribution in [-0.4, -0.2) is 10.1 Å². The SMILES string of the molecule is CCc1ccc(C(O)Cc2ncccc2C)o1. The number of aliphatic hydroxyl groups excluding tert-OH is 1. The predicted molar refractivity (Wildman–Crippen MR) is 65.7 cm³/mol. The van der Waals surface area contributed by atoms with Crippen molar-refractivity contribution in [2.75, 3.05) is 0 Å². The largest absolute Gasteiger partial charge is 0.463 e. The first-order valence-electron chi connectivity index (χ1n) is 5.88. The lowest BCUT2D eigenvalue weighted by molar-refractivity contribution is 0.147. The van der Waals surface area contributed by atoms with E-state index < -0.39 is 6.10 Å². The van der Waals surface area contributed by atoms with Crippen molar-refractivity contribution < 1.29 is 9.52 Å². The number of furan rings is 1. The van der Waals surface area contributed by atoms with Crippen molar-refractivity contribution in [3.05, 3.63) is 53.2 Å². The van der Waals surface area contributed by atoms with E-state index in [0.29, 0.717) is 12.2 Å². The molecule has 2 heterocycles. The molecule has 2 aromatic rings. The molecule has 0 fully saturated rings. The van der Waals surface area contributed by atoms with Gasteiger partial charge < -0.3 is 9.52 Å². The average molecular weight is 231 g/mol. The molecule has 1 unspecified atom stereocenters. The van der Waals surface area contributed by atoms with E-state index in [1.165, 1.54) is 0 Å². The highest BCUT2D eigenvalue weighted by Crippen LogP contribution is 2.21. The molecule has 0 aliphatic carbocycles. The summed E-state index contributed by atoms with van der Waals surface area (Å²) in [6.45, 7) is 4.02. The third kappa shape index (κ3) is 2.74. The molecular formula is C14H17NO2. The van der Waals surface area contributed by atoms with Crippen LogP contribution in [0.2, 0.25) is 0 Å². The molecule has 3 nitrogen and oxygen atoms in total. The molecule has 0 aliphatic rings. The van der Waals surface area contributed by atoms with E-state index in [0.717, 1.165) is 23.4 Å². The molecule has 0 radical (unpaired) electrons. The topological polar surface area (TPSA) is 46.3 Å². The number of hydrogen-bond acceptors (Lipinski definition) is 3. The van der Waals surface area contributed by atoms with E-state index >= 15 is 0 Å². The Kier molecular flexibility index (Phi) is 3.59. The van der Waals surface area contributed by atoms with Crippen LogP contribution in [0, 0.1) is 6.92 Å². The van der Waals surface area contributed by atoms with Crippen molar-refractivity contribution in [3.63, 3.8) is 0 Å². The van der Waals surface area contributed by atoms with Crippen molar-refractivity contribution in [2.45, 2.75) is 32.8 Å². The fraction of sp³-hybridized carbons (Fsp3) is 0.357. The van der Waals surface area contributed by atoms with Crippen LogP contribution in [0.15, 0.2) is 34.9 Å². The molecule has 1 N–H and O–H groups in total. The smallest absolute Gasteiger partial charge is 0.133 e. The number of nitrogens with zero attached hydrogens (tertiary/aromatic N) is 1. The van der Waals surface area contributed by atoms with E-state index in [1.807, 2.05) is 38.1 Å². The van der Waals surface area contributed by atoms with Crippen LogP contribution in [0.3, 0.4) is 0 Å². The summed E-state index contributed by atoms with van der Waals surface area (Å²) in [5, 5.41) is 10.1. The van der Waals surface area contributed by atoms with Gasteiger partial charge in [0, 0.05) is 24.7 Å². The minimum absolute atomic E-state index is 0.489. The van der Waals surface area contributed by atoms with Gasteiger partial charge in [-0.05, 0) is 30.7 Å².